The van der Waals surface area contributed by atoms with Crippen LogP contribution in [0.4, 0.5) is 0 Å². The first kappa shape index (κ1) is 16.5. The summed E-state index contributed by atoms with van der Waals surface area (Å²) < 4.78 is 3.82. The first-order valence-electron chi connectivity index (χ1n) is 7.83. The maximum absolute atomic E-state index is 11.9. The summed E-state index contributed by atoms with van der Waals surface area (Å²) in [6.45, 7) is 7.15. The molecule has 122 valence electrons. The van der Waals surface area contributed by atoms with Gasteiger partial charge in [0.05, 0.1) is 18.4 Å². The number of nitrogens with zero attached hydrogens (tertiary/aromatic N) is 5. The molecule has 2 heterocycles. The van der Waals surface area contributed by atoms with Gasteiger partial charge in [-0.15, -0.1) is 0 Å². The molecule has 0 atom stereocenters. The highest BCUT2D eigenvalue weighted by Gasteiger charge is 2.13. The number of carbonyl (C=O) groups is 1. The van der Waals surface area contributed by atoms with Gasteiger partial charge < -0.3 is 10.2 Å². The Morgan fingerprint density at radius 1 is 1.36 bits per heavy atom. The first-order valence-corrected chi connectivity index (χ1v) is 7.83. The maximum Gasteiger partial charge on any atom is 0.221 e. The summed E-state index contributed by atoms with van der Waals surface area (Å²) in [4.78, 5) is 14.0. The number of hydrogen-bond donors (Lipinski definition) is 1. The first-order chi connectivity index (χ1) is 10.5. The number of aryl methyl sites for hydroxylation is 3. The molecular weight excluding hydrogens is 280 g/mol. The largest absolute Gasteiger partial charge is 0.356 e. The molecule has 0 bridgehead atoms. The summed E-state index contributed by atoms with van der Waals surface area (Å²) in [5.74, 6) is 0.0722. The van der Waals surface area contributed by atoms with Crippen LogP contribution < -0.4 is 5.32 Å². The van der Waals surface area contributed by atoms with Crippen LogP contribution in [-0.2, 0) is 17.9 Å². The van der Waals surface area contributed by atoms with E-state index in [-0.39, 0.29) is 5.91 Å². The van der Waals surface area contributed by atoms with E-state index in [9.17, 15) is 4.79 Å². The Kier molecular flexibility index (Phi) is 5.54. The van der Waals surface area contributed by atoms with E-state index in [0.29, 0.717) is 13.0 Å². The van der Waals surface area contributed by atoms with Crippen molar-refractivity contribution >= 4 is 16.9 Å². The van der Waals surface area contributed by atoms with Crippen molar-refractivity contribution in [2.75, 3.05) is 27.2 Å². The molecule has 1 N–H and O–H groups in total. The minimum absolute atomic E-state index is 0.0722. The SMILES string of the molecule is CCn1nc(C)c2c1cnn2CCC(=O)NCCCN(C)C. The Bertz CT molecular complexity index is 627. The molecule has 0 spiro atoms. The third-order valence-electron chi connectivity index (χ3n) is 3.67. The predicted molar refractivity (Wildman–Crippen MR) is 86.7 cm³/mol. The lowest BCUT2D eigenvalue weighted by Gasteiger charge is -2.10. The van der Waals surface area contributed by atoms with Crippen molar-refractivity contribution < 1.29 is 4.79 Å². The van der Waals surface area contributed by atoms with E-state index < -0.39 is 0 Å². The Labute approximate surface area is 131 Å². The number of aromatic nitrogens is 4. The van der Waals surface area contributed by atoms with Crippen molar-refractivity contribution in [3.05, 3.63) is 11.9 Å². The zero-order chi connectivity index (χ0) is 16.1. The third kappa shape index (κ3) is 3.85. The molecule has 7 nitrogen and oxygen atoms in total. The van der Waals surface area contributed by atoms with Crippen LogP contribution in [0.2, 0.25) is 0 Å². The molecule has 0 saturated carbocycles. The quantitative estimate of drug-likeness (QED) is 0.739. The van der Waals surface area contributed by atoms with Gasteiger partial charge in [-0.3, -0.25) is 14.2 Å². The second-order valence-corrected chi connectivity index (χ2v) is 5.76. The lowest BCUT2D eigenvalue weighted by molar-refractivity contribution is -0.121. The van der Waals surface area contributed by atoms with Crippen LogP contribution in [0.5, 0.6) is 0 Å². The highest BCUT2D eigenvalue weighted by Crippen LogP contribution is 2.17. The zero-order valence-electron chi connectivity index (χ0n) is 14.0. The second-order valence-electron chi connectivity index (χ2n) is 5.76. The van der Waals surface area contributed by atoms with Crippen LogP contribution in [0.1, 0.15) is 25.5 Å². The van der Waals surface area contributed by atoms with E-state index in [1.165, 1.54) is 0 Å². The van der Waals surface area contributed by atoms with Crippen molar-refractivity contribution in [3.8, 4) is 0 Å². The van der Waals surface area contributed by atoms with Gasteiger partial charge >= 0.3 is 0 Å². The number of fused-ring (bicyclic) bond motifs is 1. The van der Waals surface area contributed by atoms with E-state index in [0.717, 1.165) is 42.8 Å². The minimum Gasteiger partial charge on any atom is -0.356 e. The fourth-order valence-electron chi connectivity index (χ4n) is 2.55. The van der Waals surface area contributed by atoms with Gasteiger partial charge in [-0.25, -0.2) is 0 Å². The summed E-state index contributed by atoms with van der Waals surface area (Å²) in [6, 6.07) is 0. The lowest BCUT2D eigenvalue weighted by Crippen LogP contribution is -2.27. The molecule has 0 saturated heterocycles. The second kappa shape index (κ2) is 7.40. The predicted octanol–water partition coefficient (Wildman–Crippen LogP) is 1.02. The van der Waals surface area contributed by atoms with Crippen molar-refractivity contribution in [2.45, 2.75) is 39.8 Å². The molecule has 2 rings (SSSR count). The van der Waals surface area contributed by atoms with Crippen LogP contribution in [0, 0.1) is 6.92 Å². The van der Waals surface area contributed by atoms with Gasteiger partial charge in [0, 0.05) is 19.5 Å². The van der Waals surface area contributed by atoms with Crippen molar-refractivity contribution in [1.29, 1.82) is 0 Å². The Morgan fingerprint density at radius 3 is 2.82 bits per heavy atom. The molecule has 2 aromatic rings. The van der Waals surface area contributed by atoms with Crippen LogP contribution in [0.15, 0.2) is 6.20 Å². The average Bonchev–Trinajstić information content (AvgIpc) is 3.03. The number of nitrogens with one attached hydrogen (secondary N) is 1. The van der Waals surface area contributed by atoms with Gasteiger partial charge in [-0.05, 0) is 40.9 Å². The average molecular weight is 306 g/mol. The van der Waals surface area contributed by atoms with Gasteiger partial charge in [0.15, 0.2) is 0 Å². The van der Waals surface area contributed by atoms with Crippen molar-refractivity contribution in [2.24, 2.45) is 0 Å². The Hall–Kier alpha value is -1.89. The molecule has 2 aromatic heterocycles. The summed E-state index contributed by atoms with van der Waals surface area (Å²) >= 11 is 0. The Balaban J connectivity index is 1.87. The normalized spacial score (nSPS) is 11.5. The number of carbonyl (C=O) groups excluding carboxylic acids is 1. The molecule has 0 aliphatic carbocycles. The standard InChI is InChI=1S/C15H26N6O/c1-5-20-13-11-17-21(15(13)12(2)18-20)10-7-14(22)16-8-6-9-19(3)4/h11H,5-10H2,1-4H3,(H,16,22). The number of amides is 1. The van der Waals surface area contributed by atoms with Gasteiger partial charge in [0.1, 0.15) is 11.0 Å². The van der Waals surface area contributed by atoms with E-state index >= 15 is 0 Å². The molecule has 7 heteroatoms. The van der Waals surface area contributed by atoms with Gasteiger partial charge in [0.25, 0.3) is 0 Å². The molecule has 0 aliphatic rings. The molecule has 0 fully saturated rings. The molecule has 0 aromatic carbocycles. The number of rotatable bonds is 8. The number of hydrogen-bond acceptors (Lipinski definition) is 4. The summed E-state index contributed by atoms with van der Waals surface area (Å²) in [5, 5.41) is 11.8. The van der Waals surface area contributed by atoms with Crippen LogP contribution in [-0.4, -0.2) is 57.6 Å². The van der Waals surface area contributed by atoms with Crippen molar-refractivity contribution in [1.82, 2.24) is 29.8 Å². The lowest BCUT2D eigenvalue weighted by atomic mass is 10.3. The van der Waals surface area contributed by atoms with E-state index in [4.69, 9.17) is 0 Å². The smallest absolute Gasteiger partial charge is 0.221 e. The maximum atomic E-state index is 11.9. The monoisotopic (exact) mass is 306 g/mol. The molecular formula is C15H26N6O. The van der Waals surface area contributed by atoms with Crippen molar-refractivity contribution in [3.63, 3.8) is 0 Å². The highest BCUT2D eigenvalue weighted by atomic mass is 16.1. The summed E-state index contributed by atoms with van der Waals surface area (Å²) in [5.41, 5.74) is 3.02. The van der Waals surface area contributed by atoms with E-state index in [1.807, 2.05) is 36.6 Å². The minimum atomic E-state index is 0.0722. The molecule has 0 radical (unpaired) electrons. The Morgan fingerprint density at radius 2 is 2.14 bits per heavy atom. The van der Waals surface area contributed by atoms with Crippen LogP contribution in [0.3, 0.4) is 0 Å². The van der Waals surface area contributed by atoms with Gasteiger partial charge in [-0.2, -0.15) is 10.2 Å². The van der Waals surface area contributed by atoms with Crippen LogP contribution in [0.25, 0.3) is 11.0 Å². The van der Waals surface area contributed by atoms with E-state index in [2.05, 4.69) is 27.3 Å². The van der Waals surface area contributed by atoms with E-state index in [1.54, 1.807) is 0 Å². The molecule has 22 heavy (non-hydrogen) atoms. The highest BCUT2D eigenvalue weighted by molar-refractivity contribution is 5.78. The summed E-state index contributed by atoms with van der Waals surface area (Å²) in [7, 11) is 4.06. The molecule has 0 unspecified atom stereocenters. The third-order valence-corrected chi connectivity index (χ3v) is 3.67. The zero-order valence-corrected chi connectivity index (χ0v) is 14.0. The van der Waals surface area contributed by atoms with Crippen LogP contribution >= 0.6 is 0 Å². The van der Waals surface area contributed by atoms with Gasteiger partial charge in [-0.1, -0.05) is 0 Å². The fourth-order valence-corrected chi connectivity index (χ4v) is 2.55. The molecule has 0 aliphatic heterocycles. The molecule has 1 amide bonds. The van der Waals surface area contributed by atoms with Gasteiger partial charge in [0.2, 0.25) is 5.91 Å². The topological polar surface area (TPSA) is 68.0 Å². The summed E-state index contributed by atoms with van der Waals surface area (Å²) in [6.07, 6.45) is 3.23. The fraction of sp³-hybridized carbons (Fsp3) is 0.667.